The second-order valence-electron chi connectivity index (χ2n) is 5.04. The van der Waals surface area contributed by atoms with E-state index in [4.69, 9.17) is 14.6 Å². The van der Waals surface area contributed by atoms with Crippen LogP contribution in [0.3, 0.4) is 0 Å². The normalized spacial score (nSPS) is 25.9. The molecule has 15 heavy (non-hydrogen) atoms. The van der Waals surface area contributed by atoms with Gasteiger partial charge in [0.2, 0.25) is 0 Å². The highest BCUT2D eigenvalue weighted by Gasteiger charge is 2.30. The van der Waals surface area contributed by atoms with Crippen molar-refractivity contribution in [3.8, 4) is 0 Å². The summed E-state index contributed by atoms with van der Waals surface area (Å²) >= 11 is 0. The minimum atomic E-state index is -0.451. The zero-order valence-electron chi connectivity index (χ0n) is 9.66. The Morgan fingerprint density at radius 2 is 2.00 bits per heavy atom. The molecule has 1 saturated carbocycles. The summed E-state index contributed by atoms with van der Waals surface area (Å²) in [6, 6.07) is 0. The molecule has 0 aromatic heterocycles. The van der Waals surface area contributed by atoms with Crippen LogP contribution in [0, 0.1) is 5.92 Å². The first kappa shape index (κ1) is 12.5. The molecule has 0 radical (unpaired) electrons. The van der Waals surface area contributed by atoms with Gasteiger partial charge in [-0.25, -0.2) is 4.79 Å². The lowest BCUT2D eigenvalue weighted by molar-refractivity contribution is -0.165. The van der Waals surface area contributed by atoms with Crippen molar-refractivity contribution in [2.45, 2.75) is 45.3 Å². The van der Waals surface area contributed by atoms with Crippen LogP contribution in [0.25, 0.3) is 0 Å². The molecular weight excluding hydrogens is 196 g/mol. The molecule has 1 rings (SSSR count). The topological polar surface area (TPSA) is 55.8 Å². The van der Waals surface area contributed by atoms with E-state index in [-0.39, 0.29) is 25.3 Å². The zero-order chi connectivity index (χ0) is 11.5. The van der Waals surface area contributed by atoms with E-state index in [0.29, 0.717) is 5.92 Å². The number of carbonyl (C=O) groups is 1. The first-order valence-corrected chi connectivity index (χ1v) is 5.35. The summed E-state index contributed by atoms with van der Waals surface area (Å²) in [6.07, 6.45) is 1.81. The molecule has 0 atom stereocenters. The van der Waals surface area contributed by atoms with Crippen LogP contribution in [0.15, 0.2) is 0 Å². The van der Waals surface area contributed by atoms with Gasteiger partial charge >= 0.3 is 5.97 Å². The Kier molecular flexibility index (Phi) is 4.11. The van der Waals surface area contributed by atoms with Crippen molar-refractivity contribution in [3.05, 3.63) is 0 Å². The van der Waals surface area contributed by atoms with E-state index in [0.717, 1.165) is 12.8 Å². The lowest BCUT2D eigenvalue weighted by Crippen LogP contribution is -2.36. The number of esters is 1. The van der Waals surface area contributed by atoms with Crippen LogP contribution >= 0.6 is 0 Å². The smallest absolute Gasteiger partial charge is 0.332 e. The maximum atomic E-state index is 11.3. The summed E-state index contributed by atoms with van der Waals surface area (Å²) in [6.45, 7) is 5.72. The van der Waals surface area contributed by atoms with Crippen LogP contribution in [0.5, 0.6) is 0 Å². The Hall–Kier alpha value is -0.610. The minimum absolute atomic E-state index is 0.0140. The molecule has 0 saturated heterocycles. The van der Waals surface area contributed by atoms with Gasteiger partial charge in [0, 0.05) is 6.61 Å². The van der Waals surface area contributed by atoms with Gasteiger partial charge in [-0.3, -0.25) is 0 Å². The maximum Gasteiger partial charge on any atom is 0.332 e. The summed E-state index contributed by atoms with van der Waals surface area (Å²) in [5, 5.41) is 8.79. The number of rotatable bonds is 4. The van der Waals surface area contributed by atoms with E-state index >= 15 is 0 Å². The summed E-state index contributed by atoms with van der Waals surface area (Å²) in [7, 11) is 0. The minimum Gasteiger partial charge on any atom is -0.458 e. The molecule has 0 aromatic rings. The molecule has 0 aliphatic heterocycles. The van der Waals surface area contributed by atoms with Crippen molar-refractivity contribution in [2.24, 2.45) is 5.92 Å². The van der Waals surface area contributed by atoms with Gasteiger partial charge in [-0.2, -0.15) is 0 Å². The second-order valence-corrected chi connectivity index (χ2v) is 5.04. The largest absolute Gasteiger partial charge is 0.458 e. The SMILES string of the molecule is CC(C)(C)OC(=O)COC1CC(CO)C1. The van der Waals surface area contributed by atoms with Crippen molar-refractivity contribution >= 4 is 5.97 Å². The number of aliphatic hydroxyl groups excluding tert-OH is 1. The van der Waals surface area contributed by atoms with Gasteiger partial charge in [-0.15, -0.1) is 0 Å². The Bertz CT molecular complexity index is 213. The molecule has 0 unspecified atom stereocenters. The first-order chi connectivity index (χ1) is 6.90. The van der Waals surface area contributed by atoms with Gasteiger partial charge in [-0.1, -0.05) is 0 Å². The standard InChI is InChI=1S/C11H20O4/c1-11(2,3)15-10(13)7-14-9-4-8(5-9)6-12/h8-9,12H,4-7H2,1-3H3. The molecule has 1 aliphatic rings. The first-order valence-electron chi connectivity index (χ1n) is 5.35. The Morgan fingerprint density at radius 1 is 1.40 bits per heavy atom. The molecule has 0 heterocycles. The summed E-state index contributed by atoms with van der Waals surface area (Å²) < 4.78 is 10.4. The van der Waals surface area contributed by atoms with Gasteiger partial charge in [0.05, 0.1) is 6.10 Å². The highest BCUT2D eigenvalue weighted by atomic mass is 16.6. The van der Waals surface area contributed by atoms with Crippen LogP contribution in [0.1, 0.15) is 33.6 Å². The fraction of sp³-hybridized carbons (Fsp3) is 0.909. The predicted molar refractivity (Wildman–Crippen MR) is 55.4 cm³/mol. The number of hydrogen-bond donors (Lipinski definition) is 1. The molecule has 88 valence electrons. The monoisotopic (exact) mass is 216 g/mol. The van der Waals surface area contributed by atoms with Crippen LogP contribution in [0.4, 0.5) is 0 Å². The predicted octanol–water partition coefficient (Wildman–Crippen LogP) is 1.12. The van der Waals surface area contributed by atoms with Gasteiger partial charge in [0.1, 0.15) is 12.2 Å². The summed E-state index contributed by atoms with van der Waals surface area (Å²) in [5.41, 5.74) is -0.451. The van der Waals surface area contributed by atoms with E-state index in [1.54, 1.807) is 0 Å². The highest BCUT2D eigenvalue weighted by Crippen LogP contribution is 2.29. The molecule has 0 aromatic carbocycles. The molecule has 1 fully saturated rings. The van der Waals surface area contributed by atoms with Crippen molar-refractivity contribution in [3.63, 3.8) is 0 Å². The molecule has 0 spiro atoms. The number of ether oxygens (including phenoxy) is 2. The van der Waals surface area contributed by atoms with Crippen LogP contribution in [-0.2, 0) is 14.3 Å². The quantitative estimate of drug-likeness (QED) is 0.715. The van der Waals surface area contributed by atoms with Crippen LogP contribution in [-0.4, -0.2) is 36.0 Å². The molecule has 1 N–H and O–H groups in total. The third-order valence-corrected chi connectivity index (χ3v) is 2.31. The Morgan fingerprint density at radius 3 is 2.47 bits per heavy atom. The van der Waals surface area contributed by atoms with Gasteiger partial charge in [0.25, 0.3) is 0 Å². The summed E-state index contributed by atoms with van der Waals surface area (Å²) in [4.78, 5) is 11.3. The van der Waals surface area contributed by atoms with Crippen molar-refractivity contribution in [1.29, 1.82) is 0 Å². The van der Waals surface area contributed by atoms with Crippen molar-refractivity contribution < 1.29 is 19.4 Å². The fourth-order valence-corrected chi connectivity index (χ4v) is 1.52. The molecule has 0 amide bonds. The Labute approximate surface area is 90.6 Å². The van der Waals surface area contributed by atoms with Gasteiger partial charge in [-0.05, 0) is 39.5 Å². The third-order valence-electron chi connectivity index (χ3n) is 2.31. The summed E-state index contributed by atoms with van der Waals surface area (Å²) in [5.74, 6) is 0.0311. The zero-order valence-corrected chi connectivity index (χ0v) is 9.66. The van der Waals surface area contributed by atoms with Crippen LogP contribution < -0.4 is 0 Å². The average Bonchev–Trinajstić information content (AvgIpc) is 1.98. The fourth-order valence-electron chi connectivity index (χ4n) is 1.52. The molecule has 0 bridgehead atoms. The molecule has 4 nitrogen and oxygen atoms in total. The third kappa shape index (κ3) is 4.62. The van der Waals surface area contributed by atoms with E-state index in [9.17, 15) is 4.79 Å². The van der Waals surface area contributed by atoms with Crippen molar-refractivity contribution in [1.82, 2.24) is 0 Å². The highest BCUT2D eigenvalue weighted by molar-refractivity contribution is 5.71. The van der Waals surface area contributed by atoms with Crippen LogP contribution in [0.2, 0.25) is 0 Å². The number of hydrogen-bond acceptors (Lipinski definition) is 4. The van der Waals surface area contributed by atoms with Gasteiger partial charge in [0.15, 0.2) is 0 Å². The van der Waals surface area contributed by atoms with E-state index in [1.165, 1.54) is 0 Å². The lowest BCUT2D eigenvalue weighted by Gasteiger charge is -2.33. The maximum absolute atomic E-state index is 11.3. The van der Waals surface area contributed by atoms with E-state index < -0.39 is 5.60 Å². The van der Waals surface area contributed by atoms with E-state index in [1.807, 2.05) is 20.8 Å². The molecule has 4 heteroatoms. The van der Waals surface area contributed by atoms with E-state index in [2.05, 4.69) is 0 Å². The Balaban J connectivity index is 2.08. The number of carbonyl (C=O) groups excluding carboxylic acids is 1. The second kappa shape index (κ2) is 4.94. The van der Waals surface area contributed by atoms with Gasteiger partial charge < -0.3 is 14.6 Å². The lowest BCUT2D eigenvalue weighted by atomic mass is 9.83. The average molecular weight is 216 g/mol. The van der Waals surface area contributed by atoms with Crippen molar-refractivity contribution in [2.75, 3.05) is 13.2 Å². The number of aliphatic hydroxyl groups is 1. The molecular formula is C11H20O4. The molecule has 1 aliphatic carbocycles.